The van der Waals surface area contributed by atoms with Crippen molar-refractivity contribution >= 4 is 11.6 Å². The summed E-state index contributed by atoms with van der Waals surface area (Å²) in [6.45, 7) is 0.661. The van der Waals surface area contributed by atoms with E-state index in [9.17, 15) is 5.11 Å². The number of phenols is 1. The molecule has 1 aromatic carbocycles. The van der Waals surface area contributed by atoms with E-state index in [1.807, 2.05) is 12.1 Å². The molecule has 1 aromatic rings. The fourth-order valence-corrected chi connectivity index (χ4v) is 1.78. The predicted octanol–water partition coefficient (Wildman–Crippen LogP) is 2.04. The van der Waals surface area contributed by atoms with Gasteiger partial charge in [-0.3, -0.25) is 0 Å². The molecule has 13 heavy (non-hydrogen) atoms. The van der Waals surface area contributed by atoms with Crippen LogP contribution in [0.3, 0.4) is 0 Å². The van der Waals surface area contributed by atoms with Gasteiger partial charge < -0.3 is 10.8 Å². The summed E-state index contributed by atoms with van der Waals surface area (Å²) in [7, 11) is 0. The van der Waals surface area contributed by atoms with E-state index in [1.54, 1.807) is 6.07 Å². The number of halogens is 1. The zero-order valence-electron chi connectivity index (χ0n) is 7.26. The third-order valence-corrected chi connectivity index (χ3v) is 3.11. The molecule has 0 radical (unpaired) electrons. The van der Waals surface area contributed by atoms with Crippen molar-refractivity contribution in [2.45, 2.75) is 18.3 Å². The van der Waals surface area contributed by atoms with E-state index in [0.29, 0.717) is 11.6 Å². The Hall–Kier alpha value is -0.730. The van der Waals surface area contributed by atoms with Crippen LogP contribution in [0.4, 0.5) is 0 Å². The largest absolute Gasteiger partial charge is 0.506 e. The summed E-state index contributed by atoms with van der Waals surface area (Å²) in [5.41, 5.74) is 6.98. The third kappa shape index (κ3) is 1.40. The van der Waals surface area contributed by atoms with Crippen molar-refractivity contribution in [3.63, 3.8) is 0 Å². The topological polar surface area (TPSA) is 46.2 Å². The lowest BCUT2D eigenvalue weighted by atomic mass is 9.96. The number of benzene rings is 1. The highest BCUT2D eigenvalue weighted by molar-refractivity contribution is 6.32. The van der Waals surface area contributed by atoms with Gasteiger partial charge in [0.05, 0.1) is 5.02 Å². The molecule has 0 bridgehead atoms. The van der Waals surface area contributed by atoms with Crippen molar-refractivity contribution in [3.05, 3.63) is 28.8 Å². The van der Waals surface area contributed by atoms with Crippen LogP contribution in [-0.4, -0.2) is 11.7 Å². The van der Waals surface area contributed by atoms with Crippen molar-refractivity contribution in [3.8, 4) is 5.75 Å². The minimum absolute atomic E-state index is 0.137. The van der Waals surface area contributed by atoms with E-state index in [4.69, 9.17) is 17.3 Å². The Labute approximate surface area is 82.3 Å². The van der Waals surface area contributed by atoms with E-state index >= 15 is 0 Å². The molecule has 3 heteroatoms. The predicted molar refractivity (Wildman–Crippen MR) is 53.1 cm³/mol. The Morgan fingerprint density at radius 1 is 1.46 bits per heavy atom. The molecule has 0 unspecified atom stereocenters. The Morgan fingerprint density at radius 2 is 2.15 bits per heavy atom. The van der Waals surface area contributed by atoms with Crippen LogP contribution < -0.4 is 5.73 Å². The first-order valence-electron chi connectivity index (χ1n) is 4.37. The summed E-state index contributed by atoms with van der Waals surface area (Å²) < 4.78 is 0. The quantitative estimate of drug-likeness (QED) is 0.762. The van der Waals surface area contributed by atoms with E-state index in [0.717, 1.165) is 18.4 Å². The first-order valence-corrected chi connectivity index (χ1v) is 4.75. The lowest BCUT2D eigenvalue weighted by molar-refractivity contribution is 0.475. The fraction of sp³-hybridized carbons (Fsp3) is 0.400. The van der Waals surface area contributed by atoms with Crippen molar-refractivity contribution in [2.24, 2.45) is 5.73 Å². The molecule has 0 saturated heterocycles. The minimum atomic E-state index is 0.137. The zero-order chi connectivity index (χ0) is 9.47. The molecule has 0 heterocycles. The van der Waals surface area contributed by atoms with Gasteiger partial charge in [-0.25, -0.2) is 0 Å². The molecule has 2 rings (SSSR count). The molecule has 1 aliphatic rings. The average Bonchev–Trinajstić information content (AvgIpc) is 2.90. The third-order valence-electron chi connectivity index (χ3n) is 2.80. The van der Waals surface area contributed by atoms with Crippen LogP contribution in [0.25, 0.3) is 0 Å². The standard InChI is InChI=1S/C10H12ClNO/c11-8-5-7(1-2-9(8)13)10(6-12)3-4-10/h1-2,5,13H,3-4,6,12H2. The van der Waals surface area contributed by atoms with Crippen LogP contribution >= 0.6 is 11.6 Å². The van der Waals surface area contributed by atoms with Gasteiger partial charge in [0.25, 0.3) is 0 Å². The highest BCUT2D eigenvalue weighted by Crippen LogP contribution is 2.48. The van der Waals surface area contributed by atoms with Crippen molar-refractivity contribution < 1.29 is 5.11 Å². The molecule has 70 valence electrons. The summed E-state index contributed by atoms with van der Waals surface area (Å²) in [4.78, 5) is 0. The number of hydrogen-bond acceptors (Lipinski definition) is 2. The number of hydrogen-bond donors (Lipinski definition) is 2. The molecular weight excluding hydrogens is 186 g/mol. The van der Waals surface area contributed by atoms with Crippen LogP contribution in [0.15, 0.2) is 18.2 Å². The van der Waals surface area contributed by atoms with Gasteiger partial charge in [0.15, 0.2) is 0 Å². The zero-order valence-corrected chi connectivity index (χ0v) is 8.01. The second-order valence-corrected chi connectivity index (χ2v) is 4.06. The number of rotatable bonds is 2. The summed E-state index contributed by atoms with van der Waals surface area (Å²) in [6, 6.07) is 5.35. The Kier molecular flexibility index (Phi) is 1.97. The van der Waals surface area contributed by atoms with Crippen LogP contribution in [0, 0.1) is 0 Å². The Morgan fingerprint density at radius 3 is 2.62 bits per heavy atom. The molecule has 1 fully saturated rings. The molecule has 2 nitrogen and oxygen atoms in total. The molecule has 1 saturated carbocycles. The highest BCUT2D eigenvalue weighted by Gasteiger charge is 2.42. The van der Waals surface area contributed by atoms with Gasteiger partial charge in [0.1, 0.15) is 5.75 Å². The van der Waals surface area contributed by atoms with Crippen LogP contribution in [-0.2, 0) is 5.41 Å². The number of nitrogens with two attached hydrogens (primary N) is 1. The van der Waals surface area contributed by atoms with Gasteiger partial charge in [0, 0.05) is 12.0 Å². The summed E-state index contributed by atoms with van der Waals surface area (Å²) in [5.74, 6) is 0.137. The Bertz CT molecular complexity index is 334. The molecule has 1 aliphatic carbocycles. The maximum absolute atomic E-state index is 9.24. The van der Waals surface area contributed by atoms with Crippen molar-refractivity contribution in [1.82, 2.24) is 0 Å². The second-order valence-electron chi connectivity index (χ2n) is 3.65. The van der Waals surface area contributed by atoms with Gasteiger partial charge in [-0.2, -0.15) is 0 Å². The minimum Gasteiger partial charge on any atom is -0.506 e. The van der Waals surface area contributed by atoms with Gasteiger partial charge in [-0.15, -0.1) is 0 Å². The SMILES string of the molecule is NCC1(c2ccc(O)c(Cl)c2)CC1. The van der Waals surface area contributed by atoms with Gasteiger partial charge in [0.2, 0.25) is 0 Å². The summed E-state index contributed by atoms with van der Waals surface area (Å²) in [6.07, 6.45) is 2.26. The smallest absolute Gasteiger partial charge is 0.134 e. The lowest BCUT2D eigenvalue weighted by Gasteiger charge is -2.13. The van der Waals surface area contributed by atoms with Gasteiger partial charge in [-0.05, 0) is 30.5 Å². The highest BCUT2D eigenvalue weighted by atomic mass is 35.5. The normalized spacial score (nSPS) is 18.6. The maximum Gasteiger partial charge on any atom is 0.134 e. The van der Waals surface area contributed by atoms with Gasteiger partial charge >= 0.3 is 0 Å². The molecular formula is C10H12ClNO. The molecule has 0 atom stereocenters. The summed E-state index contributed by atoms with van der Waals surface area (Å²) in [5, 5.41) is 9.65. The summed E-state index contributed by atoms with van der Waals surface area (Å²) >= 11 is 5.81. The molecule has 3 N–H and O–H groups in total. The number of aromatic hydroxyl groups is 1. The first-order chi connectivity index (χ1) is 6.18. The van der Waals surface area contributed by atoms with Crippen molar-refractivity contribution in [2.75, 3.05) is 6.54 Å². The van der Waals surface area contributed by atoms with Crippen LogP contribution in [0.5, 0.6) is 5.75 Å². The van der Waals surface area contributed by atoms with Gasteiger partial charge in [-0.1, -0.05) is 17.7 Å². The van der Waals surface area contributed by atoms with E-state index in [2.05, 4.69) is 0 Å². The second kappa shape index (κ2) is 2.89. The van der Waals surface area contributed by atoms with E-state index < -0.39 is 0 Å². The van der Waals surface area contributed by atoms with Crippen molar-refractivity contribution in [1.29, 1.82) is 0 Å². The Balaban J connectivity index is 2.37. The maximum atomic E-state index is 9.24. The van der Waals surface area contributed by atoms with Crippen LogP contribution in [0.1, 0.15) is 18.4 Å². The molecule has 0 aromatic heterocycles. The number of phenolic OH excluding ortho intramolecular Hbond substituents is 1. The average molecular weight is 198 g/mol. The fourth-order valence-electron chi connectivity index (χ4n) is 1.60. The molecule has 0 amide bonds. The lowest BCUT2D eigenvalue weighted by Crippen LogP contribution is -2.19. The first kappa shape index (κ1) is 8.85. The monoisotopic (exact) mass is 197 g/mol. The van der Waals surface area contributed by atoms with E-state index in [-0.39, 0.29) is 11.2 Å². The van der Waals surface area contributed by atoms with Crippen LogP contribution in [0.2, 0.25) is 5.02 Å². The van der Waals surface area contributed by atoms with E-state index in [1.165, 1.54) is 0 Å². The molecule has 0 aliphatic heterocycles. The molecule has 0 spiro atoms.